The van der Waals surface area contributed by atoms with Gasteiger partial charge in [0.05, 0.1) is 12.1 Å². The number of aryl methyl sites for hydroxylation is 2. The number of benzene rings is 1. The number of fused-ring (bicyclic) bond motifs is 3. The third-order valence-corrected chi connectivity index (χ3v) is 7.20. The Labute approximate surface area is 259 Å². The van der Waals surface area contributed by atoms with Crippen molar-refractivity contribution >= 4 is 34.6 Å². The molecule has 0 amide bonds. The number of thiophene rings is 1. The SMILES string of the molecule is C#CC#CC#CC#CC#CC#CC#CC#COC(=O)C[C@@H]1N=C(c2ccc(Cl)cc2)c2c(sc(C)c2C)-n2c(C)nnc21. The van der Waals surface area contributed by atoms with Crippen molar-refractivity contribution in [3.63, 3.8) is 0 Å². The number of carbonyl (C=O) groups excluding carboxylic acids is 1. The van der Waals surface area contributed by atoms with E-state index in [9.17, 15) is 4.79 Å². The highest BCUT2D eigenvalue weighted by Gasteiger charge is 2.32. The van der Waals surface area contributed by atoms with Gasteiger partial charge < -0.3 is 4.74 Å². The zero-order valence-electron chi connectivity index (χ0n) is 23.1. The van der Waals surface area contributed by atoms with Crippen molar-refractivity contribution in [1.29, 1.82) is 0 Å². The highest BCUT2D eigenvalue weighted by molar-refractivity contribution is 7.15. The lowest BCUT2D eigenvalue weighted by Gasteiger charge is -2.11. The topological polar surface area (TPSA) is 69.4 Å². The number of carbonyl (C=O) groups is 1. The van der Waals surface area contributed by atoms with Gasteiger partial charge in [0.25, 0.3) is 0 Å². The van der Waals surface area contributed by atoms with Gasteiger partial charge in [-0.05, 0) is 79.9 Å². The first kappa shape index (κ1) is 29.9. The maximum Gasteiger partial charge on any atom is 0.322 e. The zero-order chi connectivity index (χ0) is 30.6. The fraction of sp³-hybridized carbons (Fsp3) is 0.143. The number of aliphatic imine (C=N–C) groups is 1. The van der Waals surface area contributed by atoms with Crippen molar-refractivity contribution < 1.29 is 9.53 Å². The maximum atomic E-state index is 12.8. The highest BCUT2D eigenvalue weighted by Crippen LogP contribution is 2.39. The Morgan fingerprint density at radius 3 is 2.09 bits per heavy atom. The number of rotatable bonds is 3. The van der Waals surface area contributed by atoms with E-state index in [0.29, 0.717) is 16.7 Å². The monoisotopic (exact) mass is 592 g/mol. The van der Waals surface area contributed by atoms with Crippen LogP contribution in [0.25, 0.3) is 5.00 Å². The van der Waals surface area contributed by atoms with Gasteiger partial charge in [0.1, 0.15) is 23.0 Å². The van der Waals surface area contributed by atoms with Gasteiger partial charge in [-0.15, -0.1) is 28.0 Å². The van der Waals surface area contributed by atoms with Gasteiger partial charge in [-0.25, -0.2) is 0 Å². The van der Waals surface area contributed by atoms with Crippen molar-refractivity contribution in [2.24, 2.45) is 4.99 Å². The van der Waals surface area contributed by atoms with Crippen LogP contribution in [0.3, 0.4) is 0 Å². The molecule has 1 aliphatic heterocycles. The van der Waals surface area contributed by atoms with Gasteiger partial charge in [-0.2, -0.15) is 0 Å². The molecule has 0 saturated carbocycles. The summed E-state index contributed by atoms with van der Waals surface area (Å²) in [6.07, 6.45) is 7.15. The molecular weight excluding hydrogens is 576 g/mol. The summed E-state index contributed by atoms with van der Waals surface area (Å²) in [6, 6.07) is 6.77. The number of terminal acetylenes is 1. The molecule has 43 heavy (non-hydrogen) atoms. The average molecular weight is 593 g/mol. The molecule has 0 bridgehead atoms. The summed E-state index contributed by atoms with van der Waals surface area (Å²) in [5.41, 5.74) is 3.67. The zero-order valence-corrected chi connectivity index (χ0v) is 24.6. The Morgan fingerprint density at radius 1 is 0.907 bits per heavy atom. The summed E-state index contributed by atoms with van der Waals surface area (Å²) in [4.78, 5) is 19.0. The lowest BCUT2D eigenvalue weighted by atomic mass is 9.99. The highest BCUT2D eigenvalue weighted by atomic mass is 35.5. The molecule has 0 fully saturated rings. The van der Waals surface area contributed by atoms with E-state index >= 15 is 0 Å². The second kappa shape index (κ2) is 14.6. The van der Waals surface area contributed by atoms with Crippen LogP contribution in [0.15, 0.2) is 29.3 Å². The molecule has 8 heteroatoms. The van der Waals surface area contributed by atoms with E-state index in [2.05, 4.69) is 113 Å². The molecule has 3 heterocycles. The van der Waals surface area contributed by atoms with Crippen LogP contribution in [0.4, 0.5) is 0 Å². The van der Waals surface area contributed by atoms with E-state index in [0.717, 1.165) is 32.3 Å². The van der Waals surface area contributed by atoms with Crippen LogP contribution in [-0.4, -0.2) is 26.4 Å². The molecule has 3 aromatic rings. The number of hydrogen-bond donors (Lipinski definition) is 0. The second-order valence-corrected chi connectivity index (χ2v) is 10.1. The van der Waals surface area contributed by atoms with Gasteiger partial charge in [0, 0.05) is 62.5 Å². The molecule has 202 valence electrons. The first-order valence-corrected chi connectivity index (χ1v) is 13.6. The molecule has 0 aliphatic carbocycles. The normalized spacial score (nSPS) is 11.4. The molecule has 0 radical (unpaired) electrons. The summed E-state index contributed by atoms with van der Waals surface area (Å²) in [6.45, 7) is 5.99. The summed E-state index contributed by atoms with van der Waals surface area (Å²) >= 11 is 7.78. The predicted molar refractivity (Wildman–Crippen MR) is 167 cm³/mol. The second-order valence-electron chi connectivity index (χ2n) is 8.45. The van der Waals surface area contributed by atoms with Crippen LogP contribution in [0.1, 0.15) is 45.7 Å². The Kier molecular flexibility index (Phi) is 10.1. The fourth-order valence-electron chi connectivity index (χ4n) is 3.82. The number of hydrogen-bond acceptors (Lipinski definition) is 6. The van der Waals surface area contributed by atoms with Crippen molar-refractivity contribution in [2.45, 2.75) is 33.2 Å². The molecule has 0 spiro atoms. The Morgan fingerprint density at radius 2 is 1.49 bits per heavy atom. The molecule has 1 aliphatic rings. The van der Waals surface area contributed by atoms with E-state index in [1.54, 1.807) is 11.3 Å². The molecule has 4 rings (SSSR count). The van der Waals surface area contributed by atoms with E-state index in [1.165, 1.54) is 0 Å². The lowest BCUT2D eigenvalue weighted by Crippen LogP contribution is -2.12. The van der Waals surface area contributed by atoms with E-state index < -0.39 is 12.0 Å². The lowest BCUT2D eigenvalue weighted by molar-refractivity contribution is -0.137. The predicted octanol–water partition coefficient (Wildman–Crippen LogP) is 4.35. The van der Waals surface area contributed by atoms with E-state index in [1.807, 2.05) is 35.8 Å². The van der Waals surface area contributed by atoms with Crippen LogP contribution in [0, 0.1) is 116 Å². The Bertz CT molecular complexity index is 2150. The maximum absolute atomic E-state index is 12.8. The Balaban J connectivity index is 1.50. The van der Waals surface area contributed by atoms with Crippen LogP contribution in [0.5, 0.6) is 0 Å². The number of halogens is 1. The van der Waals surface area contributed by atoms with E-state index in [-0.39, 0.29) is 6.42 Å². The minimum atomic E-state index is -0.666. The fourth-order valence-corrected chi connectivity index (χ4v) is 5.16. The van der Waals surface area contributed by atoms with Gasteiger partial charge >= 0.3 is 5.97 Å². The molecule has 0 unspecified atom stereocenters. The van der Waals surface area contributed by atoms with Gasteiger partial charge in [-0.1, -0.05) is 23.7 Å². The molecule has 1 atom stereocenters. The standard InChI is InChI=1S/C35H17ClN4O2S/c1-5-6-7-8-9-10-11-12-13-14-15-16-17-18-23-42-31(41)24-30-34-39-38-27(4)40(34)35-32(25(2)26(3)43-35)33(37-30)28-19-21-29(36)22-20-28/h1,19-22,30H,24H2,2-4H3/t30-/m0/s1. The van der Waals surface area contributed by atoms with Crippen LogP contribution < -0.4 is 0 Å². The number of nitrogens with zero attached hydrogens (tertiary/aromatic N) is 4. The van der Waals surface area contributed by atoms with E-state index in [4.69, 9.17) is 27.8 Å². The quantitative estimate of drug-likeness (QED) is 0.335. The molecule has 0 saturated heterocycles. The van der Waals surface area contributed by atoms with Crippen LogP contribution >= 0.6 is 22.9 Å². The number of ether oxygens (including phenoxy) is 1. The molecule has 0 N–H and O–H groups in total. The smallest absolute Gasteiger partial charge is 0.322 e. The molecule has 2 aromatic heterocycles. The third kappa shape index (κ3) is 7.59. The van der Waals surface area contributed by atoms with Gasteiger partial charge in [0.15, 0.2) is 5.82 Å². The number of aromatic nitrogens is 3. The van der Waals surface area contributed by atoms with Gasteiger partial charge in [0.2, 0.25) is 0 Å². The molecule has 6 nitrogen and oxygen atoms in total. The minimum Gasteiger partial charge on any atom is -0.371 e. The number of esters is 1. The van der Waals surface area contributed by atoms with Crippen LogP contribution in [0.2, 0.25) is 5.02 Å². The van der Waals surface area contributed by atoms with Crippen LogP contribution in [-0.2, 0) is 9.53 Å². The largest absolute Gasteiger partial charge is 0.371 e. The minimum absolute atomic E-state index is 0.110. The third-order valence-electron chi connectivity index (χ3n) is 5.76. The van der Waals surface area contributed by atoms with Crippen molar-refractivity contribution in [2.75, 3.05) is 0 Å². The van der Waals surface area contributed by atoms with Crippen molar-refractivity contribution in [3.8, 4) is 100 Å². The van der Waals surface area contributed by atoms with Crippen molar-refractivity contribution in [1.82, 2.24) is 14.8 Å². The summed E-state index contributed by atoms with van der Waals surface area (Å²) < 4.78 is 7.06. The molecule has 1 aromatic carbocycles. The van der Waals surface area contributed by atoms with Gasteiger partial charge in [-0.3, -0.25) is 14.4 Å². The van der Waals surface area contributed by atoms with Crippen molar-refractivity contribution in [3.05, 3.63) is 62.5 Å². The summed E-state index contributed by atoms with van der Waals surface area (Å²) in [5.74, 6) is 34.8. The average Bonchev–Trinajstić information content (AvgIpc) is 3.47. The summed E-state index contributed by atoms with van der Waals surface area (Å²) in [5, 5.41) is 10.2. The Hall–Kier alpha value is -6.03. The first-order valence-electron chi connectivity index (χ1n) is 12.4. The summed E-state index contributed by atoms with van der Waals surface area (Å²) in [7, 11) is 0. The molecular formula is C35H17ClN4O2S. The first-order chi connectivity index (χ1) is 20.9.